The van der Waals surface area contributed by atoms with E-state index < -0.39 is 0 Å². The van der Waals surface area contributed by atoms with Gasteiger partial charge in [0.1, 0.15) is 0 Å². The smallest absolute Gasteiger partial charge is 0.332 e. The van der Waals surface area contributed by atoms with Gasteiger partial charge in [0.15, 0.2) is 5.82 Å². The summed E-state index contributed by atoms with van der Waals surface area (Å²) >= 11 is 0. The lowest BCUT2D eigenvalue weighted by Crippen LogP contribution is -2.40. The second-order valence-electron chi connectivity index (χ2n) is 5.54. The number of H-pyrrole nitrogens is 2. The van der Waals surface area contributed by atoms with Crippen LogP contribution in [-0.2, 0) is 17.8 Å². The van der Waals surface area contributed by atoms with Crippen LogP contribution in [0.1, 0.15) is 43.6 Å². The van der Waals surface area contributed by atoms with E-state index in [1.807, 2.05) is 22.7 Å². The fraction of sp³-hybridized carbons (Fsp3) is 0.571. The summed E-state index contributed by atoms with van der Waals surface area (Å²) in [7, 11) is 0. The molecule has 0 spiro atoms. The van der Waals surface area contributed by atoms with Gasteiger partial charge in [-0.1, -0.05) is 0 Å². The molecule has 2 aromatic rings. The van der Waals surface area contributed by atoms with Gasteiger partial charge in [0.05, 0.1) is 18.7 Å². The molecule has 0 aliphatic carbocycles. The summed E-state index contributed by atoms with van der Waals surface area (Å²) in [6.07, 6.45) is 6.78. The van der Waals surface area contributed by atoms with E-state index in [4.69, 9.17) is 0 Å². The first-order valence-corrected chi connectivity index (χ1v) is 7.62. The van der Waals surface area contributed by atoms with Crippen LogP contribution in [0.2, 0.25) is 0 Å². The lowest BCUT2D eigenvalue weighted by atomic mass is 10.0. The van der Waals surface area contributed by atoms with Crippen molar-refractivity contribution in [3.05, 3.63) is 34.3 Å². The van der Waals surface area contributed by atoms with Crippen LogP contribution in [0.4, 0.5) is 0 Å². The number of carbonyl (C=O) groups is 1. The van der Waals surface area contributed by atoms with Crippen molar-refractivity contribution in [3.63, 3.8) is 0 Å². The molecule has 8 heteroatoms. The first kappa shape index (κ1) is 14.6. The summed E-state index contributed by atoms with van der Waals surface area (Å²) in [6.45, 7) is 3.49. The Morgan fingerprint density at radius 1 is 1.45 bits per heavy atom. The van der Waals surface area contributed by atoms with Crippen LogP contribution in [0, 0.1) is 0 Å². The van der Waals surface area contributed by atoms with Gasteiger partial charge >= 0.3 is 5.69 Å². The molecule has 0 aromatic carbocycles. The van der Waals surface area contributed by atoms with E-state index >= 15 is 0 Å². The van der Waals surface area contributed by atoms with E-state index in [2.05, 4.69) is 20.3 Å². The van der Waals surface area contributed by atoms with Crippen molar-refractivity contribution < 1.29 is 4.79 Å². The van der Waals surface area contributed by atoms with Crippen molar-refractivity contribution in [1.82, 2.24) is 29.9 Å². The third-order valence-corrected chi connectivity index (χ3v) is 4.02. The maximum absolute atomic E-state index is 12.6. The van der Waals surface area contributed by atoms with Crippen LogP contribution in [0.5, 0.6) is 0 Å². The largest absolute Gasteiger partial charge is 0.340 e. The van der Waals surface area contributed by atoms with E-state index in [9.17, 15) is 9.59 Å². The number of hydrogen-bond donors (Lipinski definition) is 2. The SMILES string of the molecule is CCn1cc(CC(=O)N2CCCCC2c2n[nH]c(=O)[nH]2)cn1. The summed E-state index contributed by atoms with van der Waals surface area (Å²) < 4.78 is 1.81. The number of aromatic amines is 2. The first-order chi connectivity index (χ1) is 10.7. The minimum atomic E-state index is -0.336. The van der Waals surface area contributed by atoms with Crippen LogP contribution in [0.3, 0.4) is 0 Å². The molecule has 0 radical (unpaired) electrons. The van der Waals surface area contributed by atoms with Crippen molar-refractivity contribution in [2.45, 2.75) is 45.2 Å². The van der Waals surface area contributed by atoms with Crippen molar-refractivity contribution in [1.29, 1.82) is 0 Å². The number of carbonyl (C=O) groups excluding carboxylic acids is 1. The summed E-state index contributed by atoms with van der Waals surface area (Å²) in [4.78, 5) is 28.4. The Morgan fingerprint density at radius 3 is 3.00 bits per heavy atom. The number of aromatic nitrogens is 5. The van der Waals surface area contributed by atoms with Crippen molar-refractivity contribution in [2.75, 3.05) is 6.54 Å². The number of hydrogen-bond acceptors (Lipinski definition) is 4. The van der Waals surface area contributed by atoms with Crippen LogP contribution in [-0.4, -0.2) is 42.3 Å². The van der Waals surface area contributed by atoms with Gasteiger partial charge in [0.2, 0.25) is 5.91 Å². The maximum Gasteiger partial charge on any atom is 0.340 e. The Balaban J connectivity index is 1.75. The van der Waals surface area contributed by atoms with Gasteiger partial charge in [-0.15, -0.1) is 0 Å². The molecule has 22 heavy (non-hydrogen) atoms. The molecule has 1 amide bonds. The summed E-state index contributed by atoms with van der Waals surface area (Å²) in [5, 5.41) is 10.6. The Morgan fingerprint density at radius 2 is 2.32 bits per heavy atom. The van der Waals surface area contributed by atoms with E-state index in [0.717, 1.165) is 31.4 Å². The third-order valence-electron chi connectivity index (χ3n) is 4.02. The molecule has 2 N–H and O–H groups in total. The first-order valence-electron chi connectivity index (χ1n) is 7.62. The van der Waals surface area contributed by atoms with E-state index in [1.54, 1.807) is 6.20 Å². The van der Waals surface area contributed by atoms with Crippen molar-refractivity contribution in [3.8, 4) is 0 Å². The lowest BCUT2D eigenvalue weighted by Gasteiger charge is -2.34. The molecule has 1 fully saturated rings. The normalized spacial score (nSPS) is 18.6. The fourth-order valence-corrected chi connectivity index (χ4v) is 2.90. The molecule has 8 nitrogen and oxygen atoms in total. The molecule has 1 aliphatic rings. The molecule has 3 heterocycles. The zero-order chi connectivity index (χ0) is 15.5. The van der Waals surface area contributed by atoms with Gasteiger partial charge in [-0.2, -0.15) is 10.2 Å². The molecular weight excluding hydrogens is 284 g/mol. The second kappa shape index (κ2) is 6.17. The van der Waals surface area contributed by atoms with E-state index in [0.29, 0.717) is 18.8 Å². The topological polar surface area (TPSA) is 99.7 Å². The lowest BCUT2D eigenvalue weighted by molar-refractivity contribution is -0.134. The van der Waals surface area contributed by atoms with Crippen LogP contribution >= 0.6 is 0 Å². The summed E-state index contributed by atoms with van der Waals surface area (Å²) in [6, 6.07) is -0.151. The Bertz CT molecular complexity index is 700. The predicted molar refractivity (Wildman–Crippen MR) is 79.1 cm³/mol. The maximum atomic E-state index is 12.6. The number of aryl methyl sites for hydroxylation is 1. The second-order valence-corrected chi connectivity index (χ2v) is 5.54. The molecule has 3 rings (SSSR count). The monoisotopic (exact) mass is 304 g/mol. The minimum Gasteiger partial charge on any atom is -0.332 e. The minimum absolute atomic E-state index is 0.0456. The number of nitrogens with zero attached hydrogens (tertiary/aromatic N) is 4. The number of likely N-dealkylation sites (tertiary alicyclic amines) is 1. The van der Waals surface area contributed by atoms with Crippen LogP contribution < -0.4 is 5.69 Å². The van der Waals surface area contributed by atoms with Gasteiger partial charge in [-0.25, -0.2) is 9.89 Å². The summed E-state index contributed by atoms with van der Waals surface area (Å²) in [5.74, 6) is 0.589. The zero-order valence-electron chi connectivity index (χ0n) is 12.6. The summed E-state index contributed by atoms with van der Waals surface area (Å²) in [5.41, 5.74) is 0.573. The number of nitrogens with one attached hydrogen (secondary N) is 2. The van der Waals surface area contributed by atoms with Crippen LogP contribution in [0.15, 0.2) is 17.2 Å². The molecular formula is C14H20N6O2. The molecule has 118 valence electrons. The number of amides is 1. The molecule has 0 bridgehead atoms. The van der Waals surface area contributed by atoms with Gasteiger partial charge in [0.25, 0.3) is 0 Å². The van der Waals surface area contributed by atoms with Crippen molar-refractivity contribution in [2.24, 2.45) is 0 Å². The highest BCUT2D eigenvalue weighted by Crippen LogP contribution is 2.28. The van der Waals surface area contributed by atoms with Gasteiger partial charge in [-0.05, 0) is 31.7 Å². The third kappa shape index (κ3) is 2.95. The highest BCUT2D eigenvalue weighted by Gasteiger charge is 2.30. The van der Waals surface area contributed by atoms with Crippen LogP contribution in [0.25, 0.3) is 0 Å². The highest BCUT2D eigenvalue weighted by atomic mass is 16.2. The fourth-order valence-electron chi connectivity index (χ4n) is 2.90. The number of rotatable bonds is 4. The van der Waals surface area contributed by atoms with Gasteiger partial charge in [-0.3, -0.25) is 14.5 Å². The predicted octanol–water partition coefficient (Wildman–Crippen LogP) is 0.611. The van der Waals surface area contributed by atoms with Gasteiger partial charge in [0, 0.05) is 19.3 Å². The molecule has 2 aromatic heterocycles. The Hall–Kier alpha value is -2.38. The molecule has 1 saturated heterocycles. The van der Waals surface area contributed by atoms with E-state index in [-0.39, 0.29) is 17.6 Å². The van der Waals surface area contributed by atoms with E-state index in [1.165, 1.54) is 0 Å². The quantitative estimate of drug-likeness (QED) is 0.864. The molecule has 1 atom stereocenters. The Labute approximate surface area is 127 Å². The molecule has 1 aliphatic heterocycles. The van der Waals surface area contributed by atoms with Gasteiger partial charge < -0.3 is 4.90 Å². The highest BCUT2D eigenvalue weighted by molar-refractivity contribution is 5.79. The molecule has 1 unspecified atom stereocenters. The molecule has 0 saturated carbocycles. The number of piperidine rings is 1. The average molecular weight is 304 g/mol. The zero-order valence-corrected chi connectivity index (χ0v) is 12.6. The average Bonchev–Trinajstić information content (AvgIpc) is 3.16. The Kier molecular flexibility index (Phi) is 4.08. The van der Waals surface area contributed by atoms with Crippen molar-refractivity contribution >= 4 is 5.91 Å². The standard InChI is InChI=1S/C14H20N6O2/c1-2-19-9-10(8-15-19)7-12(21)20-6-4-3-5-11(20)13-16-14(22)18-17-13/h8-9,11H,2-7H2,1H3,(H2,16,17,18,22).